The lowest BCUT2D eigenvalue weighted by molar-refractivity contribution is 0.522. The highest BCUT2D eigenvalue weighted by Crippen LogP contribution is 2.26. The molecule has 0 unspecified atom stereocenters. The molecule has 23 heavy (non-hydrogen) atoms. The van der Waals surface area contributed by atoms with Gasteiger partial charge in [-0.1, -0.05) is 6.07 Å². The number of aromatic nitrogens is 2. The highest BCUT2D eigenvalue weighted by molar-refractivity contribution is 7.11. The largest absolute Gasteiger partial charge is 0.302 e. The van der Waals surface area contributed by atoms with Crippen molar-refractivity contribution in [2.75, 3.05) is 0 Å². The number of hydrogen-bond donors (Lipinski definition) is 1. The molecule has 5 heteroatoms. The van der Waals surface area contributed by atoms with Crippen LogP contribution in [0.4, 0.5) is 0 Å². The fraction of sp³-hybridized carbons (Fsp3) is 0.333. The zero-order valence-corrected chi connectivity index (χ0v) is 15.3. The Hall–Kier alpha value is -1.56. The van der Waals surface area contributed by atoms with Gasteiger partial charge in [-0.15, -0.1) is 11.3 Å². The number of nitrogens with zero attached hydrogens (tertiary/aromatic N) is 2. The van der Waals surface area contributed by atoms with Gasteiger partial charge in [-0.05, 0) is 61.7 Å². The monoisotopic (exact) mass is 343 g/mol. The summed E-state index contributed by atoms with van der Waals surface area (Å²) in [4.78, 5) is 10.6. The summed E-state index contributed by atoms with van der Waals surface area (Å²) in [6.07, 6.45) is 0.960. The third kappa shape index (κ3) is 4.25. The minimum atomic E-state index is 0.226. The van der Waals surface area contributed by atoms with Crippen molar-refractivity contribution >= 4 is 22.7 Å². The van der Waals surface area contributed by atoms with Crippen LogP contribution in [-0.2, 0) is 13.0 Å². The summed E-state index contributed by atoms with van der Waals surface area (Å²) in [6.45, 7) is 7.01. The van der Waals surface area contributed by atoms with E-state index in [1.807, 2.05) is 13.0 Å². The lowest BCUT2D eigenvalue weighted by Gasteiger charge is -2.16. The minimum absolute atomic E-state index is 0.226. The van der Waals surface area contributed by atoms with Crippen LogP contribution in [0.15, 0.2) is 35.0 Å². The van der Waals surface area contributed by atoms with E-state index in [1.54, 1.807) is 22.7 Å². The van der Waals surface area contributed by atoms with E-state index in [9.17, 15) is 0 Å². The van der Waals surface area contributed by atoms with Gasteiger partial charge in [0.05, 0.1) is 17.4 Å². The molecule has 1 N–H and O–H groups in total. The second-order valence-corrected chi connectivity index (χ2v) is 7.75. The van der Waals surface area contributed by atoms with Crippen molar-refractivity contribution in [1.29, 1.82) is 0 Å². The SMILES string of the molecule is Cc1cccc(CN[C@@H](Cc2ccsc2)c2nc(C)c(C)s2)n1. The molecule has 120 valence electrons. The molecular formula is C18H21N3S2. The molecule has 1 atom stereocenters. The van der Waals surface area contributed by atoms with Crippen molar-refractivity contribution in [2.45, 2.75) is 39.8 Å². The maximum absolute atomic E-state index is 4.76. The number of aryl methyl sites for hydroxylation is 3. The van der Waals surface area contributed by atoms with Gasteiger partial charge in [-0.25, -0.2) is 4.98 Å². The van der Waals surface area contributed by atoms with Gasteiger partial charge in [0, 0.05) is 17.1 Å². The van der Waals surface area contributed by atoms with E-state index in [0.29, 0.717) is 0 Å². The summed E-state index contributed by atoms with van der Waals surface area (Å²) in [5, 5.41) is 9.16. The highest BCUT2D eigenvalue weighted by atomic mass is 32.1. The number of rotatable bonds is 6. The quantitative estimate of drug-likeness (QED) is 0.711. The third-order valence-electron chi connectivity index (χ3n) is 3.84. The first-order valence-corrected chi connectivity index (χ1v) is 9.48. The molecule has 0 bridgehead atoms. The normalized spacial score (nSPS) is 12.5. The van der Waals surface area contributed by atoms with Crippen LogP contribution in [-0.4, -0.2) is 9.97 Å². The summed E-state index contributed by atoms with van der Waals surface area (Å²) < 4.78 is 0. The molecule has 3 aromatic rings. The van der Waals surface area contributed by atoms with E-state index in [-0.39, 0.29) is 6.04 Å². The predicted octanol–water partition coefficient (Wildman–Crippen LogP) is 4.60. The molecule has 0 amide bonds. The van der Waals surface area contributed by atoms with Crippen LogP contribution >= 0.6 is 22.7 Å². The molecule has 3 heterocycles. The Morgan fingerprint density at radius 1 is 1.13 bits per heavy atom. The molecule has 0 saturated heterocycles. The molecule has 0 aromatic carbocycles. The maximum Gasteiger partial charge on any atom is 0.110 e. The number of pyridine rings is 1. The van der Waals surface area contributed by atoms with Crippen molar-refractivity contribution < 1.29 is 0 Å². The fourth-order valence-corrected chi connectivity index (χ4v) is 4.14. The highest BCUT2D eigenvalue weighted by Gasteiger charge is 2.17. The molecule has 0 spiro atoms. The van der Waals surface area contributed by atoms with Crippen molar-refractivity contribution in [3.63, 3.8) is 0 Å². The van der Waals surface area contributed by atoms with Gasteiger partial charge in [0.15, 0.2) is 0 Å². The number of thiophene rings is 1. The average Bonchev–Trinajstić information content (AvgIpc) is 3.14. The first-order valence-electron chi connectivity index (χ1n) is 7.73. The van der Waals surface area contributed by atoms with Crippen molar-refractivity contribution in [3.05, 3.63) is 67.6 Å². The Balaban J connectivity index is 1.77. The molecule has 3 nitrogen and oxygen atoms in total. The van der Waals surface area contributed by atoms with Gasteiger partial charge in [-0.2, -0.15) is 11.3 Å². The van der Waals surface area contributed by atoms with E-state index in [4.69, 9.17) is 4.98 Å². The van der Waals surface area contributed by atoms with Gasteiger partial charge in [0.1, 0.15) is 5.01 Å². The zero-order valence-electron chi connectivity index (χ0n) is 13.7. The molecular weight excluding hydrogens is 322 g/mol. The topological polar surface area (TPSA) is 37.8 Å². The molecule has 3 rings (SSSR count). The molecule has 3 aromatic heterocycles. The molecule has 0 aliphatic carbocycles. The first-order chi connectivity index (χ1) is 11.1. The molecule has 0 aliphatic heterocycles. The fourth-order valence-electron chi connectivity index (χ4n) is 2.46. The molecule has 0 fully saturated rings. The van der Waals surface area contributed by atoms with Gasteiger partial charge < -0.3 is 5.32 Å². The van der Waals surface area contributed by atoms with Crippen LogP contribution < -0.4 is 5.32 Å². The Morgan fingerprint density at radius 2 is 2.00 bits per heavy atom. The van der Waals surface area contributed by atoms with Crippen molar-refractivity contribution in [2.24, 2.45) is 0 Å². The van der Waals surface area contributed by atoms with Crippen LogP contribution in [0.5, 0.6) is 0 Å². The maximum atomic E-state index is 4.76. The Bertz CT molecular complexity index is 743. The Labute approximate surface area is 145 Å². The Morgan fingerprint density at radius 3 is 2.65 bits per heavy atom. The number of thiazole rings is 1. The summed E-state index contributed by atoms with van der Waals surface area (Å²) in [5.41, 5.74) is 4.62. The summed E-state index contributed by atoms with van der Waals surface area (Å²) >= 11 is 3.54. The first kappa shape index (κ1) is 16.3. The summed E-state index contributed by atoms with van der Waals surface area (Å²) in [7, 11) is 0. The summed E-state index contributed by atoms with van der Waals surface area (Å²) in [5.74, 6) is 0. The second kappa shape index (κ2) is 7.34. The van der Waals surface area contributed by atoms with Gasteiger partial charge >= 0.3 is 0 Å². The smallest absolute Gasteiger partial charge is 0.110 e. The number of hydrogen-bond acceptors (Lipinski definition) is 5. The standard InChI is InChI=1S/C18H21N3S2/c1-12-5-4-6-16(20-12)10-19-17(9-15-7-8-22-11-15)18-21-13(2)14(3)23-18/h4-8,11,17,19H,9-10H2,1-3H3/t17-/m0/s1. The van der Waals surface area contributed by atoms with E-state index >= 15 is 0 Å². The minimum Gasteiger partial charge on any atom is -0.302 e. The van der Waals surface area contributed by atoms with Crippen LogP contribution in [0.1, 0.15) is 38.6 Å². The Kier molecular flexibility index (Phi) is 5.20. The second-order valence-electron chi connectivity index (χ2n) is 5.73. The van der Waals surface area contributed by atoms with Crippen molar-refractivity contribution in [1.82, 2.24) is 15.3 Å². The third-order valence-corrected chi connectivity index (χ3v) is 5.76. The average molecular weight is 344 g/mol. The van der Waals surface area contributed by atoms with E-state index in [2.05, 4.69) is 53.1 Å². The van der Waals surface area contributed by atoms with Crippen LogP contribution in [0.2, 0.25) is 0 Å². The van der Waals surface area contributed by atoms with Gasteiger partial charge in [0.2, 0.25) is 0 Å². The van der Waals surface area contributed by atoms with Crippen LogP contribution in [0.25, 0.3) is 0 Å². The van der Waals surface area contributed by atoms with Crippen LogP contribution in [0, 0.1) is 20.8 Å². The van der Waals surface area contributed by atoms with Crippen LogP contribution in [0.3, 0.4) is 0 Å². The summed E-state index contributed by atoms with van der Waals surface area (Å²) in [6, 6.07) is 8.58. The van der Waals surface area contributed by atoms with Gasteiger partial charge in [0.25, 0.3) is 0 Å². The lowest BCUT2D eigenvalue weighted by Crippen LogP contribution is -2.23. The zero-order chi connectivity index (χ0) is 16.2. The molecule has 0 aliphatic rings. The predicted molar refractivity (Wildman–Crippen MR) is 98.2 cm³/mol. The molecule has 0 radical (unpaired) electrons. The van der Waals surface area contributed by atoms with Gasteiger partial charge in [-0.3, -0.25) is 4.98 Å². The number of nitrogens with one attached hydrogen (secondary N) is 1. The van der Waals surface area contributed by atoms with Crippen molar-refractivity contribution in [3.8, 4) is 0 Å². The molecule has 0 saturated carbocycles. The van der Waals surface area contributed by atoms with E-state index < -0.39 is 0 Å². The van der Waals surface area contributed by atoms with E-state index in [0.717, 1.165) is 30.0 Å². The van der Waals surface area contributed by atoms with E-state index in [1.165, 1.54) is 15.4 Å². The lowest BCUT2D eigenvalue weighted by atomic mass is 10.1.